The number of hydrogen-bond acceptors (Lipinski definition) is 2. The molecular formula is C9H11BrClN3. The molecule has 0 aliphatic heterocycles. The molecule has 0 bridgehead atoms. The van der Waals surface area contributed by atoms with Gasteiger partial charge in [-0.3, -0.25) is 0 Å². The second-order valence-corrected chi connectivity index (χ2v) is 3.79. The first kappa shape index (κ1) is 11.3. The van der Waals surface area contributed by atoms with Gasteiger partial charge in [-0.15, -0.1) is 12.4 Å². The van der Waals surface area contributed by atoms with Crippen molar-refractivity contribution in [1.82, 2.24) is 9.97 Å². The van der Waals surface area contributed by atoms with E-state index in [9.17, 15) is 0 Å². The minimum absolute atomic E-state index is 0. The van der Waals surface area contributed by atoms with E-state index in [2.05, 4.69) is 38.9 Å². The normalized spacial score (nSPS) is 10.1. The van der Waals surface area contributed by atoms with Crippen molar-refractivity contribution in [2.24, 2.45) is 0 Å². The van der Waals surface area contributed by atoms with Crippen LogP contribution >= 0.6 is 28.3 Å². The Bertz CT molecular complexity index is 452. The zero-order valence-electron chi connectivity index (χ0n) is 7.67. The van der Waals surface area contributed by atoms with Crippen molar-refractivity contribution in [3.8, 4) is 0 Å². The van der Waals surface area contributed by atoms with Gasteiger partial charge in [-0.25, -0.2) is 4.98 Å². The van der Waals surface area contributed by atoms with Gasteiger partial charge in [-0.05, 0) is 24.1 Å². The zero-order chi connectivity index (χ0) is 9.42. The molecule has 0 radical (unpaired) electrons. The van der Waals surface area contributed by atoms with E-state index < -0.39 is 0 Å². The van der Waals surface area contributed by atoms with Crippen molar-refractivity contribution in [1.29, 1.82) is 0 Å². The van der Waals surface area contributed by atoms with Crippen molar-refractivity contribution in [2.75, 3.05) is 5.73 Å². The summed E-state index contributed by atoms with van der Waals surface area (Å²) >= 11 is 3.49. The molecular weight excluding hydrogens is 265 g/mol. The number of nitrogens with one attached hydrogen (secondary N) is 1. The quantitative estimate of drug-likeness (QED) is 0.841. The van der Waals surface area contributed by atoms with Gasteiger partial charge in [-0.2, -0.15) is 0 Å². The van der Waals surface area contributed by atoms with Gasteiger partial charge in [0.1, 0.15) is 0 Å². The van der Waals surface area contributed by atoms with Crippen LogP contribution in [-0.2, 0) is 6.42 Å². The summed E-state index contributed by atoms with van der Waals surface area (Å²) in [6, 6.07) is 4.06. The van der Waals surface area contributed by atoms with Gasteiger partial charge < -0.3 is 10.7 Å². The lowest BCUT2D eigenvalue weighted by molar-refractivity contribution is 1.13. The maximum Gasteiger partial charge on any atom is 0.198 e. The summed E-state index contributed by atoms with van der Waals surface area (Å²) < 4.78 is 1.09. The molecule has 1 aromatic carbocycles. The third-order valence-electron chi connectivity index (χ3n) is 2.05. The zero-order valence-corrected chi connectivity index (χ0v) is 10.1. The molecule has 0 spiro atoms. The van der Waals surface area contributed by atoms with Gasteiger partial charge in [0.25, 0.3) is 0 Å². The number of aryl methyl sites for hydroxylation is 1. The first-order chi connectivity index (χ1) is 6.20. The molecule has 0 saturated carbocycles. The lowest BCUT2D eigenvalue weighted by atomic mass is 10.1. The van der Waals surface area contributed by atoms with E-state index in [-0.39, 0.29) is 12.4 Å². The molecule has 5 heteroatoms. The minimum Gasteiger partial charge on any atom is -0.369 e. The SMILES string of the molecule is CCc1cc2[nH]c(N)nc2cc1Br.Cl. The standard InChI is InChI=1S/C9H10BrN3.ClH/c1-2-5-3-7-8(4-6(5)10)13-9(11)12-7;/h3-4H,2H2,1H3,(H3,11,12,13);1H. The van der Waals surface area contributed by atoms with E-state index in [1.54, 1.807) is 0 Å². The summed E-state index contributed by atoms with van der Waals surface area (Å²) in [5, 5.41) is 0. The maximum atomic E-state index is 5.55. The number of rotatable bonds is 1. The molecule has 14 heavy (non-hydrogen) atoms. The number of aromatic nitrogens is 2. The first-order valence-corrected chi connectivity index (χ1v) is 4.93. The van der Waals surface area contributed by atoms with Crippen LogP contribution in [0.15, 0.2) is 16.6 Å². The van der Waals surface area contributed by atoms with Crippen LogP contribution in [0.5, 0.6) is 0 Å². The van der Waals surface area contributed by atoms with Gasteiger partial charge in [0.15, 0.2) is 5.95 Å². The topological polar surface area (TPSA) is 54.7 Å². The van der Waals surface area contributed by atoms with Gasteiger partial charge in [0.05, 0.1) is 11.0 Å². The first-order valence-electron chi connectivity index (χ1n) is 4.14. The fraction of sp³-hybridized carbons (Fsp3) is 0.222. The predicted octanol–water partition coefficient (Wildman–Crippen LogP) is 2.89. The molecule has 0 aliphatic rings. The Kier molecular flexibility index (Phi) is 3.39. The number of benzene rings is 1. The van der Waals surface area contributed by atoms with Crippen molar-refractivity contribution in [3.63, 3.8) is 0 Å². The molecule has 0 fully saturated rings. The van der Waals surface area contributed by atoms with E-state index in [0.29, 0.717) is 5.95 Å². The van der Waals surface area contributed by atoms with Crippen molar-refractivity contribution in [2.45, 2.75) is 13.3 Å². The van der Waals surface area contributed by atoms with E-state index in [1.807, 2.05) is 6.07 Å². The van der Waals surface area contributed by atoms with Gasteiger partial charge in [0, 0.05) is 4.47 Å². The maximum absolute atomic E-state index is 5.55. The third kappa shape index (κ3) is 1.86. The number of hydrogen-bond donors (Lipinski definition) is 2. The number of anilines is 1. The Labute approximate surface area is 96.6 Å². The molecule has 2 rings (SSSR count). The van der Waals surface area contributed by atoms with Gasteiger partial charge in [-0.1, -0.05) is 22.9 Å². The van der Waals surface area contributed by atoms with Crippen LogP contribution in [0, 0.1) is 0 Å². The van der Waals surface area contributed by atoms with E-state index in [4.69, 9.17) is 5.73 Å². The summed E-state index contributed by atoms with van der Waals surface area (Å²) in [6.07, 6.45) is 0.995. The Morgan fingerprint density at radius 2 is 2.21 bits per heavy atom. The highest BCUT2D eigenvalue weighted by molar-refractivity contribution is 9.10. The summed E-state index contributed by atoms with van der Waals surface area (Å²) in [7, 11) is 0. The molecule has 76 valence electrons. The van der Waals surface area contributed by atoms with Crippen LogP contribution in [-0.4, -0.2) is 9.97 Å². The molecule has 2 aromatic rings. The highest BCUT2D eigenvalue weighted by atomic mass is 79.9. The molecule has 0 saturated heterocycles. The molecule has 1 aromatic heterocycles. The third-order valence-corrected chi connectivity index (χ3v) is 2.79. The number of nitrogens with zero attached hydrogens (tertiary/aromatic N) is 1. The van der Waals surface area contributed by atoms with Crippen molar-refractivity contribution in [3.05, 3.63) is 22.2 Å². The summed E-state index contributed by atoms with van der Waals surface area (Å²) in [6.45, 7) is 2.12. The van der Waals surface area contributed by atoms with Crippen LogP contribution in [0.2, 0.25) is 0 Å². The molecule has 1 heterocycles. The second kappa shape index (κ2) is 4.19. The Hall–Kier alpha value is -0.740. The number of imidazole rings is 1. The molecule has 0 atom stereocenters. The monoisotopic (exact) mass is 275 g/mol. The lowest BCUT2D eigenvalue weighted by Crippen LogP contribution is -1.84. The molecule has 3 nitrogen and oxygen atoms in total. The average molecular weight is 277 g/mol. The predicted molar refractivity (Wildman–Crippen MR) is 64.8 cm³/mol. The van der Waals surface area contributed by atoms with Crippen molar-refractivity contribution < 1.29 is 0 Å². The van der Waals surface area contributed by atoms with Gasteiger partial charge >= 0.3 is 0 Å². The minimum atomic E-state index is 0. The fourth-order valence-electron chi connectivity index (χ4n) is 1.37. The van der Waals surface area contributed by atoms with Crippen LogP contribution in [0.3, 0.4) is 0 Å². The number of H-pyrrole nitrogens is 1. The Morgan fingerprint density at radius 3 is 2.86 bits per heavy atom. The van der Waals surface area contributed by atoms with Crippen LogP contribution < -0.4 is 5.73 Å². The molecule has 0 aliphatic carbocycles. The molecule has 0 unspecified atom stereocenters. The summed E-state index contributed by atoms with van der Waals surface area (Å²) in [4.78, 5) is 7.15. The number of halogens is 2. The summed E-state index contributed by atoms with van der Waals surface area (Å²) in [5.41, 5.74) is 8.71. The number of nitrogen functional groups attached to an aromatic ring is 1. The number of nitrogens with two attached hydrogens (primary N) is 1. The van der Waals surface area contributed by atoms with Crippen LogP contribution in [0.4, 0.5) is 5.95 Å². The number of aromatic amines is 1. The smallest absolute Gasteiger partial charge is 0.198 e. The van der Waals surface area contributed by atoms with Crippen LogP contribution in [0.1, 0.15) is 12.5 Å². The average Bonchev–Trinajstić information content (AvgIpc) is 2.42. The number of fused-ring (bicyclic) bond motifs is 1. The fourth-order valence-corrected chi connectivity index (χ4v) is 1.98. The van der Waals surface area contributed by atoms with E-state index in [1.165, 1.54) is 5.56 Å². The largest absolute Gasteiger partial charge is 0.369 e. The van der Waals surface area contributed by atoms with Crippen molar-refractivity contribution >= 4 is 45.3 Å². The van der Waals surface area contributed by atoms with E-state index >= 15 is 0 Å². The van der Waals surface area contributed by atoms with Gasteiger partial charge in [0.2, 0.25) is 0 Å². The second-order valence-electron chi connectivity index (χ2n) is 2.94. The highest BCUT2D eigenvalue weighted by Gasteiger charge is 2.04. The van der Waals surface area contributed by atoms with Crippen LogP contribution in [0.25, 0.3) is 11.0 Å². The highest BCUT2D eigenvalue weighted by Crippen LogP contribution is 2.23. The Balaban J connectivity index is 0.000000980. The summed E-state index contributed by atoms with van der Waals surface area (Å²) in [5.74, 6) is 0.468. The Morgan fingerprint density at radius 1 is 1.50 bits per heavy atom. The lowest BCUT2D eigenvalue weighted by Gasteiger charge is -1.99. The molecule has 0 amide bonds. The van der Waals surface area contributed by atoms with E-state index in [0.717, 1.165) is 21.9 Å². The molecule has 3 N–H and O–H groups in total.